The molecule has 0 fully saturated rings. The number of hydrogen-bond donors (Lipinski definition) is 5. The summed E-state index contributed by atoms with van der Waals surface area (Å²) in [7, 11) is -5.66. The van der Waals surface area contributed by atoms with Crippen LogP contribution in [0.15, 0.2) is 62.5 Å². The van der Waals surface area contributed by atoms with Gasteiger partial charge in [0.05, 0.1) is 42.2 Å². The lowest BCUT2D eigenvalue weighted by Crippen LogP contribution is -2.29. The predicted molar refractivity (Wildman–Crippen MR) is 177 cm³/mol. The Morgan fingerprint density at radius 3 is 2.45 bits per heavy atom. The van der Waals surface area contributed by atoms with Crippen LogP contribution in [0.4, 0.5) is 33.3 Å². The second-order valence-corrected chi connectivity index (χ2v) is 14.6. The van der Waals surface area contributed by atoms with Crippen LogP contribution in [0.25, 0.3) is 10.8 Å². The second kappa shape index (κ2) is 17.9. The van der Waals surface area contributed by atoms with E-state index in [1.54, 1.807) is 0 Å². The van der Waals surface area contributed by atoms with Crippen molar-refractivity contribution in [2.24, 2.45) is 10.2 Å². The van der Waals surface area contributed by atoms with Crippen LogP contribution in [-0.4, -0.2) is 90.8 Å². The molecule has 0 aliphatic rings. The van der Waals surface area contributed by atoms with Gasteiger partial charge in [0.2, 0.25) is 11.9 Å². The number of aromatic nitrogens is 3. The number of nitrogens with one attached hydrogen (secondary N) is 1. The molecule has 0 radical (unpaired) electrons. The summed E-state index contributed by atoms with van der Waals surface area (Å²) < 4.78 is 90.8. The number of nitrogens with zero attached hydrogens (tertiary/aromatic N) is 6. The largest absolute Gasteiger partial charge is 0.505 e. The van der Waals surface area contributed by atoms with Crippen LogP contribution in [0.3, 0.4) is 0 Å². The first-order valence-corrected chi connectivity index (χ1v) is 18.3. The minimum Gasteiger partial charge on any atom is -0.505 e. The summed E-state index contributed by atoms with van der Waals surface area (Å²) in [6, 6.07) is 9.45. The van der Waals surface area contributed by atoms with Gasteiger partial charge in [0.25, 0.3) is 10.1 Å². The normalized spacial score (nSPS) is 12.1. The van der Waals surface area contributed by atoms with Crippen LogP contribution in [0.2, 0.25) is 0 Å². The third kappa shape index (κ3) is 11.2. The summed E-state index contributed by atoms with van der Waals surface area (Å²) in [5, 5.41) is 46.0. The van der Waals surface area contributed by atoms with Gasteiger partial charge in [-0.15, -0.1) is 18.9 Å². The van der Waals surface area contributed by atoms with E-state index in [9.17, 15) is 30.9 Å². The van der Waals surface area contributed by atoms with Crippen molar-refractivity contribution in [1.29, 1.82) is 0 Å². The van der Waals surface area contributed by atoms with Gasteiger partial charge in [-0.25, -0.2) is 18.9 Å². The minimum atomic E-state index is -4.76. The van der Waals surface area contributed by atoms with Crippen LogP contribution in [0.1, 0.15) is 0 Å². The van der Waals surface area contributed by atoms with E-state index in [1.807, 2.05) is 0 Å². The fourth-order valence-corrected chi connectivity index (χ4v) is 6.60. The zero-order valence-electron chi connectivity index (χ0n) is 25.9. The number of azo groups is 1. The van der Waals surface area contributed by atoms with E-state index < -0.39 is 36.7 Å². The van der Waals surface area contributed by atoms with Crippen LogP contribution < -0.4 is 15.0 Å². The fraction of sp³-hybridized carbons (Fsp3) is 0.240. The number of phenols is 1. The Morgan fingerprint density at radius 1 is 0.980 bits per heavy atom. The van der Waals surface area contributed by atoms with Crippen LogP contribution in [-0.2, 0) is 42.9 Å². The van der Waals surface area contributed by atoms with Crippen molar-refractivity contribution in [3.63, 3.8) is 0 Å². The summed E-state index contributed by atoms with van der Waals surface area (Å²) in [6.07, 6.45) is -1.17. The first-order chi connectivity index (χ1) is 24.2. The molecule has 0 aliphatic heterocycles. The topological polar surface area (TPSA) is 283 Å². The number of rotatable bonds is 19. The van der Waals surface area contributed by atoms with E-state index >= 15 is 0 Å². The van der Waals surface area contributed by atoms with E-state index in [2.05, 4.69) is 49.2 Å². The number of benzene rings is 3. The Morgan fingerprint density at radius 2 is 1.75 bits per heavy atom. The van der Waals surface area contributed by atoms with Crippen molar-refractivity contribution >= 4 is 84.1 Å². The summed E-state index contributed by atoms with van der Waals surface area (Å²) in [5.41, 5.74) is -0.250. The zero-order valence-corrected chi connectivity index (χ0v) is 29.2. The van der Waals surface area contributed by atoms with Gasteiger partial charge in [0.1, 0.15) is 22.0 Å². The number of ether oxygens (including phenoxy) is 1. The molecular formula is C25H26FN7O14S4. The average molecular weight is 796 g/mol. The number of aromatic hydroxyl groups is 1. The lowest BCUT2D eigenvalue weighted by molar-refractivity contribution is -0.434. The molecule has 0 amide bonds. The predicted octanol–water partition coefficient (Wildman–Crippen LogP) is 4.56. The van der Waals surface area contributed by atoms with Gasteiger partial charge in [-0.2, -0.15) is 27.8 Å². The number of fused-ring (bicyclic) bond motifs is 1. The first-order valence-electron chi connectivity index (χ1n) is 13.6. The molecule has 276 valence electrons. The van der Waals surface area contributed by atoms with E-state index in [-0.39, 0.29) is 82.0 Å². The molecule has 0 unspecified atom stereocenters. The minimum absolute atomic E-state index is 0.0137. The van der Waals surface area contributed by atoms with Gasteiger partial charge in [-0.3, -0.25) is 8.74 Å². The van der Waals surface area contributed by atoms with E-state index in [4.69, 9.17) is 19.4 Å². The lowest BCUT2D eigenvalue weighted by Gasteiger charge is -2.17. The van der Waals surface area contributed by atoms with Crippen LogP contribution in [0, 0.1) is 6.08 Å². The molecule has 26 heteroatoms. The highest BCUT2D eigenvalue weighted by Gasteiger charge is 2.20. The standard InChI is InChI=1S/C25H26FN7O14S4/c1-33(7-9-50(37,38)10-8-43-49-47-45-36)25-29-23(26)28-24(30-25)27-15-3-5-17-14(11-15)12-19(48-46-44-35)21(22(17)34)32-31-18-6-4-16(42-2)13-20(18)51(39,40)41/h3-6,11-13,34-36H,7-10H2,1-2H3,(H,39,40,41)(H,27,28,29,30)/b32-31+. The fourth-order valence-electron chi connectivity index (χ4n) is 4.06. The zero-order chi connectivity index (χ0) is 37.2. The van der Waals surface area contributed by atoms with E-state index in [0.717, 1.165) is 6.07 Å². The molecule has 0 spiro atoms. The van der Waals surface area contributed by atoms with Crippen molar-refractivity contribution < 1.29 is 69.1 Å². The van der Waals surface area contributed by atoms with E-state index in [0.29, 0.717) is 17.4 Å². The average Bonchev–Trinajstić information content (AvgIpc) is 3.08. The summed E-state index contributed by atoms with van der Waals surface area (Å²) in [6.45, 7) is -0.396. The van der Waals surface area contributed by atoms with Gasteiger partial charge in [0.15, 0.2) is 27.9 Å². The van der Waals surface area contributed by atoms with Crippen molar-refractivity contribution in [3.05, 3.63) is 48.5 Å². The molecule has 51 heavy (non-hydrogen) atoms. The van der Waals surface area contributed by atoms with Crippen molar-refractivity contribution in [1.82, 2.24) is 15.0 Å². The van der Waals surface area contributed by atoms with Crippen LogP contribution >= 0.6 is 24.4 Å². The second-order valence-electron chi connectivity index (χ2n) is 9.70. The van der Waals surface area contributed by atoms with E-state index in [1.165, 1.54) is 55.5 Å². The molecule has 0 bridgehead atoms. The quantitative estimate of drug-likeness (QED) is 0.0217. The van der Waals surface area contributed by atoms with Gasteiger partial charge in [-0.05, 0) is 41.8 Å². The maximum absolute atomic E-state index is 14.4. The third-order valence-electron chi connectivity index (χ3n) is 6.42. The Labute approximate surface area is 296 Å². The molecule has 5 N–H and O–H groups in total. The third-order valence-corrected chi connectivity index (χ3v) is 9.90. The van der Waals surface area contributed by atoms with Crippen molar-refractivity contribution in [3.8, 4) is 11.5 Å². The highest BCUT2D eigenvalue weighted by molar-refractivity contribution is 7.94. The highest BCUT2D eigenvalue weighted by atomic mass is 32.2. The Hall–Kier alpha value is -4.06. The molecule has 4 aromatic rings. The highest BCUT2D eigenvalue weighted by Crippen LogP contribution is 2.45. The lowest BCUT2D eigenvalue weighted by atomic mass is 10.1. The summed E-state index contributed by atoms with van der Waals surface area (Å²) in [5.74, 6) is -1.55. The molecule has 4 rings (SSSR count). The summed E-state index contributed by atoms with van der Waals surface area (Å²) >= 11 is 0.641. The number of halogens is 1. The molecule has 1 heterocycles. The number of hydrogen-bond acceptors (Lipinski definition) is 22. The van der Waals surface area contributed by atoms with Crippen LogP contribution in [0.5, 0.6) is 11.5 Å². The molecule has 3 aromatic carbocycles. The number of anilines is 3. The molecule has 0 aliphatic carbocycles. The molecular weight excluding hydrogens is 770 g/mol. The van der Waals surface area contributed by atoms with Gasteiger partial charge >= 0.3 is 6.08 Å². The molecule has 0 saturated heterocycles. The number of phenolic OH excluding ortho intramolecular Hbond substituents is 1. The SMILES string of the molecule is COc1ccc(/N=N/c2c(SOOO)cc3cc(Nc4nc(F)nc(N(C)CCS(=O)(=O)CCOSOOO)n4)ccc3c2O)c(S(=O)(=O)O)c1. The summed E-state index contributed by atoms with van der Waals surface area (Å²) in [4.78, 5) is 12.1. The number of methoxy groups -OCH3 is 1. The van der Waals surface area contributed by atoms with Crippen molar-refractivity contribution in [2.45, 2.75) is 9.79 Å². The molecule has 1 aromatic heterocycles. The van der Waals surface area contributed by atoms with Crippen molar-refractivity contribution in [2.75, 3.05) is 49.0 Å². The molecule has 21 nitrogen and oxygen atoms in total. The Bertz CT molecular complexity index is 2100. The number of sulfone groups is 1. The molecule has 0 saturated carbocycles. The smallest absolute Gasteiger partial charge is 0.315 e. The van der Waals surface area contributed by atoms with Gasteiger partial charge in [0, 0.05) is 30.7 Å². The first kappa shape index (κ1) is 39.7. The Balaban J connectivity index is 1.58. The maximum atomic E-state index is 14.4. The van der Waals surface area contributed by atoms with Gasteiger partial charge in [-0.1, -0.05) is 10.1 Å². The Kier molecular flexibility index (Phi) is 14.0. The molecule has 0 atom stereocenters. The monoisotopic (exact) mass is 795 g/mol. The maximum Gasteiger partial charge on any atom is 0.315 e. The van der Waals surface area contributed by atoms with Gasteiger partial charge < -0.3 is 20.1 Å².